The number of rotatable bonds is 1. The van der Waals surface area contributed by atoms with Crippen LogP contribution in [0.5, 0.6) is 5.75 Å². The fourth-order valence-corrected chi connectivity index (χ4v) is 2.58. The van der Waals surface area contributed by atoms with E-state index in [1.54, 1.807) is 7.11 Å². The van der Waals surface area contributed by atoms with Gasteiger partial charge in [0.1, 0.15) is 0 Å². The Morgan fingerprint density at radius 1 is 1.29 bits per heavy atom. The van der Waals surface area contributed by atoms with Gasteiger partial charge in [-0.15, -0.1) is 0 Å². The van der Waals surface area contributed by atoms with Gasteiger partial charge in [-0.3, -0.25) is 0 Å². The van der Waals surface area contributed by atoms with E-state index in [1.807, 2.05) is 30.3 Å². The van der Waals surface area contributed by atoms with Crippen molar-refractivity contribution >= 4 is 38.3 Å². The molecule has 0 aliphatic carbocycles. The molecule has 0 aliphatic rings. The maximum Gasteiger partial charge on any atom is 0.152 e. The van der Waals surface area contributed by atoms with E-state index in [0.717, 1.165) is 15.2 Å². The summed E-state index contributed by atoms with van der Waals surface area (Å²) in [4.78, 5) is 0. The number of benzene rings is 2. The molecule has 72 valence electrons. The molecule has 0 heterocycles. The first kappa shape index (κ1) is 9.81. The average Bonchev–Trinajstić information content (AvgIpc) is 2.18. The summed E-state index contributed by atoms with van der Waals surface area (Å²) in [7, 11) is 1.61. The van der Waals surface area contributed by atoms with Crippen LogP contribution in [0.1, 0.15) is 0 Å². The molecule has 0 saturated heterocycles. The topological polar surface area (TPSA) is 9.23 Å². The highest BCUT2D eigenvalue weighted by Crippen LogP contribution is 2.38. The summed E-state index contributed by atoms with van der Waals surface area (Å²) in [5.74, 6) is 0.686. The number of hydrogen-bond acceptors (Lipinski definition) is 1. The Balaban J connectivity index is 2.86. The van der Waals surface area contributed by atoms with E-state index < -0.39 is 0 Å². The maximum absolute atomic E-state index is 6.05. The molecule has 0 fully saturated rings. The lowest BCUT2D eigenvalue weighted by Gasteiger charge is -2.08. The van der Waals surface area contributed by atoms with E-state index in [1.165, 1.54) is 0 Å². The van der Waals surface area contributed by atoms with Crippen molar-refractivity contribution in [3.63, 3.8) is 0 Å². The summed E-state index contributed by atoms with van der Waals surface area (Å²) in [6, 6.07) is 9.92. The Morgan fingerprint density at radius 3 is 2.71 bits per heavy atom. The van der Waals surface area contributed by atoms with Gasteiger partial charge in [-0.05, 0) is 32.8 Å². The molecule has 3 heteroatoms. The highest BCUT2D eigenvalue weighted by molar-refractivity contribution is 9.10. The molecule has 0 spiro atoms. The molecule has 2 aromatic carbocycles. The number of ether oxygens (including phenoxy) is 1. The van der Waals surface area contributed by atoms with Crippen LogP contribution in [0.15, 0.2) is 34.8 Å². The first-order valence-corrected chi connectivity index (χ1v) is 5.32. The first-order valence-electron chi connectivity index (χ1n) is 4.15. The van der Waals surface area contributed by atoms with Crippen molar-refractivity contribution in [3.8, 4) is 5.75 Å². The van der Waals surface area contributed by atoms with Gasteiger partial charge in [0.2, 0.25) is 0 Å². The average molecular weight is 272 g/mol. The van der Waals surface area contributed by atoms with Crippen LogP contribution >= 0.6 is 27.5 Å². The quantitative estimate of drug-likeness (QED) is 0.753. The Kier molecular flexibility index (Phi) is 2.66. The normalized spacial score (nSPS) is 10.5. The molecule has 0 bridgehead atoms. The van der Waals surface area contributed by atoms with Crippen molar-refractivity contribution in [1.29, 1.82) is 0 Å². The van der Waals surface area contributed by atoms with Gasteiger partial charge >= 0.3 is 0 Å². The van der Waals surface area contributed by atoms with Crippen LogP contribution in [-0.4, -0.2) is 7.11 Å². The zero-order chi connectivity index (χ0) is 10.1. The van der Waals surface area contributed by atoms with E-state index in [2.05, 4.69) is 15.9 Å². The van der Waals surface area contributed by atoms with Crippen LogP contribution < -0.4 is 4.74 Å². The van der Waals surface area contributed by atoms with Crippen LogP contribution in [0, 0.1) is 0 Å². The van der Waals surface area contributed by atoms with Crippen LogP contribution in [-0.2, 0) is 0 Å². The monoisotopic (exact) mass is 270 g/mol. The molecule has 14 heavy (non-hydrogen) atoms. The van der Waals surface area contributed by atoms with Crippen molar-refractivity contribution in [2.24, 2.45) is 0 Å². The molecule has 0 unspecified atom stereocenters. The van der Waals surface area contributed by atoms with Crippen molar-refractivity contribution in [3.05, 3.63) is 39.8 Å². The number of halogens is 2. The molecule has 0 N–H and O–H groups in total. The number of methoxy groups -OCH3 is 1. The van der Waals surface area contributed by atoms with Gasteiger partial charge in [0.05, 0.1) is 16.6 Å². The Labute approximate surface area is 95.8 Å². The summed E-state index contributed by atoms with van der Waals surface area (Å²) < 4.78 is 6.11. The zero-order valence-electron chi connectivity index (χ0n) is 7.55. The third kappa shape index (κ3) is 1.49. The van der Waals surface area contributed by atoms with Gasteiger partial charge < -0.3 is 4.74 Å². The molecule has 0 aromatic heterocycles. The van der Waals surface area contributed by atoms with Crippen LogP contribution in [0.3, 0.4) is 0 Å². The Morgan fingerprint density at radius 2 is 2.00 bits per heavy atom. The van der Waals surface area contributed by atoms with Crippen LogP contribution in [0.2, 0.25) is 5.02 Å². The van der Waals surface area contributed by atoms with Crippen molar-refractivity contribution in [2.75, 3.05) is 7.11 Å². The van der Waals surface area contributed by atoms with Crippen molar-refractivity contribution < 1.29 is 4.74 Å². The van der Waals surface area contributed by atoms with Gasteiger partial charge in [-0.1, -0.05) is 35.9 Å². The fourth-order valence-electron chi connectivity index (χ4n) is 1.44. The molecular weight excluding hydrogens is 263 g/mol. The third-order valence-corrected chi connectivity index (χ3v) is 3.17. The van der Waals surface area contributed by atoms with E-state index in [4.69, 9.17) is 16.3 Å². The van der Waals surface area contributed by atoms with Crippen molar-refractivity contribution in [2.45, 2.75) is 0 Å². The smallest absolute Gasteiger partial charge is 0.152 e. The zero-order valence-corrected chi connectivity index (χ0v) is 9.89. The largest absolute Gasteiger partial charge is 0.494 e. The minimum absolute atomic E-state index is 0.623. The summed E-state index contributed by atoms with van der Waals surface area (Å²) in [6.45, 7) is 0. The van der Waals surface area contributed by atoms with Gasteiger partial charge in [-0.2, -0.15) is 0 Å². The Hall–Kier alpha value is -0.730. The SMILES string of the molecule is COc1c(Cl)cc2ccccc2c1Br. The molecule has 0 saturated carbocycles. The molecule has 2 aromatic rings. The number of hydrogen-bond donors (Lipinski definition) is 0. The minimum atomic E-state index is 0.623. The van der Waals surface area contributed by atoms with E-state index in [9.17, 15) is 0 Å². The maximum atomic E-state index is 6.05. The van der Waals surface area contributed by atoms with E-state index in [-0.39, 0.29) is 0 Å². The molecule has 2 rings (SSSR count). The standard InChI is InChI=1S/C11H8BrClO/c1-14-11-9(13)6-7-4-2-3-5-8(7)10(11)12/h2-6H,1H3. The molecule has 0 radical (unpaired) electrons. The minimum Gasteiger partial charge on any atom is -0.494 e. The predicted molar refractivity (Wildman–Crippen MR) is 63.2 cm³/mol. The highest BCUT2D eigenvalue weighted by Gasteiger charge is 2.09. The molecular formula is C11H8BrClO. The Bertz CT molecular complexity index is 482. The summed E-state index contributed by atoms with van der Waals surface area (Å²) in [5, 5.41) is 2.83. The number of fused-ring (bicyclic) bond motifs is 1. The van der Waals surface area contributed by atoms with Crippen LogP contribution in [0.25, 0.3) is 10.8 Å². The predicted octanol–water partition coefficient (Wildman–Crippen LogP) is 4.26. The summed E-state index contributed by atoms with van der Waals surface area (Å²) >= 11 is 9.54. The summed E-state index contributed by atoms with van der Waals surface area (Å²) in [6.07, 6.45) is 0. The third-order valence-electron chi connectivity index (χ3n) is 2.10. The van der Waals surface area contributed by atoms with Crippen molar-refractivity contribution in [1.82, 2.24) is 0 Å². The van der Waals surface area contributed by atoms with Gasteiger partial charge in [-0.25, -0.2) is 0 Å². The van der Waals surface area contributed by atoms with Gasteiger partial charge in [0.25, 0.3) is 0 Å². The van der Waals surface area contributed by atoms with E-state index in [0.29, 0.717) is 10.8 Å². The fraction of sp³-hybridized carbons (Fsp3) is 0.0909. The second-order valence-corrected chi connectivity index (χ2v) is 4.13. The lowest BCUT2D eigenvalue weighted by molar-refractivity contribution is 0.413. The lowest BCUT2D eigenvalue weighted by Crippen LogP contribution is -1.87. The molecule has 0 atom stereocenters. The summed E-state index contributed by atoms with van der Waals surface area (Å²) in [5.41, 5.74) is 0. The molecule has 0 aliphatic heterocycles. The van der Waals surface area contributed by atoms with Crippen LogP contribution in [0.4, 0.5) is 0 Å². The lowest BCUT2D eigenvalue weighted by atomic mass is 10.1. The van der Waals surface area contributed by atoms with E-state index >= 15 is 0 Å². The molecule has 1 nitrogen and oxygen atoms in total. The van der Waals surface area contributed by atoms with Gasteiger partial charge in [0, 0.05) is 0 Å². The first-order chi connectivity index (χ1) is 6.74. The second kappa shape index (κ2) is 3.79. The van der Waals surface area contributed by atoms with Gasteiger partial charge in [0.15, 0.2) is 5.75 Å². The molecule has 0 amide bonds. The highest BCUT2D eigenvalue weighted by atomic mass is 79.9. The second-order valence-electron chi connectivity index (χ2n) is 2.93.